The van der Waals surface area contributed by atoms with E-state index in [1.54, 1.807) is 6.92 Å². The summed E-state index contributed by atoms with van der Waals surface area (Å²) in [6, 6.07) is 3.34. The van der Waals surface area contributed by atoms with Crippen LogP contribution in [0.3, 0.4) is 0 Å². The van der Waals surface area contributed by atoms with Gasteiger partial charge in [0.25, 0.3) is 5.91 Å². The summed E-state index contributed by atoms with van der Waals surface area (Å²) in [6.45, 7) is 2.16. The molecule has 1 amide bonds. The third kappa shape index (κ3) is 2.73. The summed E-state index contributed by atoms with van der Waals surface area (Å²) in [5.41, 5.74) is -1.16. The Kier molecular flexibility index (Phi) is 3.53. The largest absolute Gasteiger partial charge is 0.478 e. The van der Waals surface area contributed by atoms with Crippen molar-refractivity contribution in [3.63, 3.8) is 0 Å². The van der Waals surface area contributed by atoms with Crippen LogP contribution in [0.25, 0.3) is 0 Å². The van der Waals surface area contributed by atoms with Crippen molar-refractivity contribution < 1.29 is 23.8 Å². The number of benzene rings is 1. The lowest BCUT2D eigenvalue weighted by Crippen LogP contribution is -2.39. The van der Waals surface area contributed by atoms with E-state index in [-0.39, 0.29) is 11.3 Å². The number of nitrogens with one attached hydrogen (secondary N) is 1. The van der Waals surface area contributed by atoms with E-state index in [0.29, 0.717) is 13.0 Å². The van der Waals surface area contributed by atoms with E-state index in [0.717, 1.165) is 12.5 Å². The van der Waals surface area contributed by atoms with Gasteiger partial charge < -0.3 is 15.2 Å². The third-order valence-corrected chi connectivity index (χ3v) is 3.16. The number of carbonyl (C=O) groups excluding carboxylic acids is 1. The number of anilines is 1. The summed E-state index contributed by atoms with van der Waals surface area (Å²) >= 11 is 0. The molecule has 2 rings (SSSR count). The number of rotatable bonds is 3. The highest BCUT2D eigenvalue weighted by molar-refractivity contribution is 5.97. The first-order valence-electron chi connectivity index (χ1n) is 5.91. The minimum atomic E-state index is -1.22. The number of amides is 1. The van der Waals surface area contributed by atoms with Crippen molar-refractivity contribution in [3.05, 3.63) is 29.6 Å². The number of aromatic carboxylic acids is 1. The van der Waals surface area contributed by atoms with Gasteiger partial charge in [0, 0.05) is 6.61 Å². The van der Waals surface area contributed by atoms with Gasteiger partial charge in [0.15, 0.2) is 0 Å². The molecule has 0 aliphatic carbocycles. The van der Waals surface area contributed by atoms with Gasteiger partial charge in [0.1, 0.15) is 11.4 Å². The van der Waals surface area contributed by atoms with Gasteiger partial charge in [0.2, 0.25) is 0 Å². The highest BCUT2D eigenvalue weighted by atomic mass is 19.1. The molecule has 0 aromatic heterocycles. The molecule has 6 heteroatoms. The van der Waals surface area contributed by atoms with E-state index < -0.39 is 23.3 Å². The quantitative estimate of drug-likeness (QED) is 0.878. The Hall–Kier alpha value is -1.95. The van der Waals surface area contributed by atoms with Crippen LogP contribution in [0.5, 0.6) is 0 Å². The fourth-order valence-electron chi connectivity index (χ4n) is 1.96. The lowest BCUT2D eigenvalue weighted by atomic mass is 10.0. The van der Waals surface area contributed by atoms with Crippen LogP contribution in [-0.2, 0) is 9.53 Å². The number of hydrogen-bond acceptors (Lipinski definition) is 3. The molecule has 1 fully saturated rings. The Bertz CT molecular complexity index is 523. The van der Waals surface area contributed by atoms with Crippen LogP contribution in [0.4, 0.5) is 10.1 Å². The van der Waals surface area contributed by atoms with Crippen molar-refractivity contribution in [1.29, 1.82) is 0 Å². The fourth-order valence-corrected chi connectivity index (χ4v) is 1.96. The third-order valence-electron chi connectivity index (χ3n) is 3.16. The Balaban J connectivity index is 2.15. The van der Waals surface area contributed by atoms with Gasteiger partial charge in [0.05, 0.1) is 11.3 Å². The zero-order valence-electron chi connectivity index (χ0n) is 10.4. The van der Waals surface area contributed by atoms with Crippen molar-refractivity contribution >= 4 is 17.6 Å². The van der Waals surface area contributed by atoms with E-state index in [1.807, 2.05) is 0 Å². The summed E-state index contributed by atoms with van der Waals surface area (Å²) in [4.78, 5) is 22.7. The molecular formula is C13H14FNO4. The smallest absolute Gasteiger partial charge is 0.335 e. The SMILES string of the molecule is CC1(C(=O)Nc2ccc(C(=O)O)cc2F)CCCO1. The average molecular weight is 267 g/mol. The second-order valence-corrected chi connectivity index (χ2v) is 4.64. The van der Waals surface area contributed by atoms with Crippen LogP contribution >= 0.6 is 0 Å². The maximum absolute atomic E-state index is 13.7. The molecule has 1 aromatic carbocycles. The summed E-state index contributed by atoms with van der Waals surface area (Å²) in [6.07, 6.45) is 1.36. The van der Waals surface area contributed by atoms with Crippen LogP contribution in [0, 0.1) is 5.82 Å². The summed E-state index contributed by atoms with van der Waals surface area (Å²) in [7, 11) is 0. The maximum Gasteiger partial charge on any atom is 0.335 e. The van der Waals surface area contributed by atoms with E-state index in [4.69, 9.17) is 9.84 Å². The molecule has 5 nitrogen and oxygen atoms in total. The predicted molar refractivity (Wildman–Crippen MR) is 65.6 cm³/mol. The molecule has 0 bridgehead atoms. The highest BCUT2D eigenvalue weighted by Crippen LogP contribution is 2.27. The second-order valence-electron chi connectivity index (χ2n) is 4.64. The Morgan fingerprint density at radius 2 is 2.21 bits per heavy atom. The average Bonchev–Trinajstić information content (AvgIpc) is 2.80. The number of hydrogen-bond donors (Lipinski definition) is 2. The number of ether oxygens (including phenoxy) is 1. The molecule has 0 radical (unpaired) electrons. The minimum absolute atomic E-state index is 0.0493. The van der Waals surface area contributed by atoms with E-state index in [9.17, 15) is 14.0 Å². The zero-order valence-corrected chi connectivity index (χ0v) is 10.4. The van der Waals surface area contributed by atoms with Gasteiger partial charge in [-0.05, 0) is 38.0 Å². The van der Waals surface area contributed by atoms with Crippen molar-refractivity contribution in [3.8, 4) is 0 Å². The van der Waals surface area contributed by atoms with E-state index in [1.165, 1.54) is 12.1 Å². The Labute approximate surface area is 109 Å². The molecule has 1 atom stereocenters. The van der Waals surface area contributed by atoms with Crippen molar-refractivity contribution in [2.75, 3.05) is 11.9 Å². The van der Waals surface area contributed by atoms with Gasteiger partial charge in [-0.25, -0.2) is 9.18 Å². The predicted octanol–water partition coefficient (Wildman–Crippen LogP) is 2.03. The summed E-state index contributed by atoms with van der Waals surface area (Å²) < 4.78 is 19.0. The van der Waals surface area contributed by atoms with Crippen LogP contribution in [0.2, 0.25) is 0 Å². The van der Waals surface area contributed by atoms with Gasteiger partial charge in [-0.2, -0.15) is 0 Å². The Morgan fingerprint density at radius 1 is 1.47 bits per heavy atom. The normalized spacial score (nSPS) is 22.2. The molecular weight excluding hydrogens is 253 g/mol. The van der Waals surface area contributed by atoms with Crippen molar-refractivity contribution in [2.45, 2.75) is 25.4 Å². The lowest BCUT2D eigenvalue weighted by molar-refractivity contribution is -0.133. The van der Waals surface area contributed by atoms with Gasteiger partial charge in [-0.1, -0.05) is 0 Å². The summed E-state index contributed by atoms with van der Waals surface area (Å²) in [5.74, 6) is -2.43. The molecule has 102 valence electrons. The first kappa shape index (κ1) is 13.5. The molecule has 19 heavy (non-hydrogen) atoms. The molecule has 1 aromatic rings. The molecule has 1 saturated heterocycles. The minimum Gasteiger partial charge on any atom is -0.478 e. The maximum atomic E-state index is 13.7. The number of carbonyl (C=O) groups is 2. The molecule has 1 unspecified atom stereocenters. The first-order valence-corrected chi connectivity index (χ1v) is 5.91. The number of carboxylic acid groups (broad SMARTS) is 1. The highest BCUT2D eigenvalue weighted by Gasteiger charge is 2.38. The van der Waals surface area contributed by atoms with Gasteiger partial charge >= 0.3 is 5.97 Å². The molecule has 0 saturated carbocycles. The monoisotopic (exact) mass is 267 g/mol. The zero-order chi connectivity index (χ0) is 14.0. The Morgan fingerprint density at radius 3 is 2.74 bits per heavy atom. The lowest BCUT2D eigenvalue weighted by Gasteiger charge is -2.22. The number of halogens is 1. The van der Waals surface area contributed by atoms with Gasteiger partial charge in [-0.15, -0.1) is 0 Å². The van der Waals surface area contributed by atoms with Crippen molar-refractivity contribution in [2.24, 2.45) is 0 Å². The first-order chi connectivity index (χ1) is 8.92. The second kappa shape index (κ2) is 4.97. The van der Waals surface area contributed by atoms with Crippen molar-refractivity contribution in [1.82, 2.24) is 0 Å². The topological polar surface area (TPSA) is 75.6 Å². The summed E-state index contributed by atoms with van der Waals surface area (Å²) in [5, 5.41) is 11.1. The molecule has 1 heterocycles. The standard InChI is InChI=1S/C13H14FNO4/c1-13(5-2-6-19-13)12(18)15-10-4-3-8(11(16)17)7-9(10)14/h3-4,7H,2,5-6H2,1H3,(H,15,18)(H,16,17). The van der Waals surface area contributed by atoms with Gasteiger partial charge in [-0.3, -0.25) is 4.79 Å². The van der Waals surface area contributed by atoms with Crippen LogP contribution in [0.1, 0.15) is 30.1 Å². The molecule has 1 aliphatic rings. The van der Waals surface area contributed by atoms with E-state index >= 15 is 0 Å². The molecule has 2 N–H and O–H groups in total. The van der Waals surface area contributed by atoms with E-state index in [2.05, 4.69) is 5.32 Å². The fraction of sp³-hybridized carbons (Fsp3) is 0.385. The molecule has 0 spiro atoms. The van der Waals surface area contributed by atoms with Crippen LogP contribution in [0.15, 0.2) is 18.2 Å². The van der Waals surface area contributed by atoms with Crippen LogP contribution < -0.4 is 5.32 Å². The number of carboxylic acids is 1. The molecule has 1 aliphatic heterocycles. The van der Waals surface area contributed by atoms with Crippen LogP contribution in [-0.4, -0.2) is 29.2 Å².